The van der Waals surface area contributed by atoms with Crippen LogP contribution in [0.5, 0.6) is 0 Å². The van der Waals surface area contributed by atoms with Gasteiger partial charge in [0.2, 0.25) is 5.91 Å². The standard InChI is InChI=1S/C17H21NO3/c1-10-2-4-11(5-3-10)9-18-16(19)14-12-6-7-13(8-12)15(14)17(20)21/h2-5,12-15H,6-9H2,1H3,(H,18,19)(H,20,21)/p-1/t12-,13+,14-,15+/m1/s1. The van der Waals surface area contributed by atoms with Gasteiger partial charge in [-0.25, -0.2) is 0 Å². The zero-order chi connectivity index (χ0) is 15.0. The van der Waals surface area contributed by atoms with Crippen molar-refractivity contribution in [1.82, 2.24) is 5.32 Å². The van der Waals surface area contributed by atoms with Crippen molar-refractivity contribution in [3.05, 3.63) is 35.4 Å². The van der Waals surface area contributed by atoms with Crippen LogP contribution in [0.2, 0.25) is 0 Å². The number of carbonyl (C=O) groups is 2. The second-order valence-corrected chi connectivity index (χ2v) is 6.41. The molecule has 112 valence electrons. The van der Waals surface area contributed by atoms with Gasteiger partial charge in [0.15, 0.2) is 0 Å². The molecule has 0 unspecified atom stereocenters. The largest absolute Gasteiger partial charge is 0.550 e. The second kappa shape index (κ2) is 5.51. The van der Waals surface area contributed by atoms with Crippen molar-refractivity contribution in [2.24, 2.45) is 23.7 Å². The number of fused-ring (bicyclic) bond motifs is 2. The van der Waals surface area contributed by atoms with Gasteiger partial charge in [-0.15, -0.1) is 0 Å². The highest BCUT2D eigenvalue weighted by Gasteiger charge is 2.51. The molecule has 1 amide bonds. The number of carbonyl (C=O) groups excluding carboxylic acids is 2. The summed E-state index contributed by atoms with van der Waals surface area (Å²) in [7, 11) is 0. The van der Waals surface area contributed by atoms with Crippen LogP contribution in [0.4, 0.5) is 0 Å². The third-order valence-electron chi connectivity index (χ3n) is 5.08. The fourth-order valence-electron chi connectivity index (χ4n) is 4.02. The molecule has 2 aliphatic rings. The van der Waals surface area contributed by atoms with Gasteiger partial charge in [0.05, 0.1) is 0 Å². The van der Waals surface area contributed by atoms with Crippen LogP contribution in [0.1, 0.15) is 30.4 Å². The van der Waals surface area contributed by atoms with Crippen LogP contribution >= 0.6 is 0 Å². The summed E-state index contributed by atoms with van der Waals surface area (Å²) in [6, 6.07) is 7.96. The van der Waals surface area contributed by atoms with E-state index in [0.717, 1.165) is 24.8 Å². The van der Waals surface area contributed by atoms with Crippen LogP contribution in [0.15, 0.2) is 24.3 Å². The van der Waals surface area contributed by atoms with E-state index in [1.54, 1.807) is 0 Å². The quantitative estimate of drug-likeness (QED) is 0.898. The van der Waals surface area contributed by atoms with Crippen LogP contribution in [0, 0.1) is 30.6 Å². The Hall–Kier alpha value is -1.84. The average Bonchev–Trinajstić information content (AvgIpc) is 3.06. The van der Waals surface area contributed by atoms with Crippen molar-refractivity contribution in [3.8, 4) is 0 Å². The molecule has 4 nitrogen and oxygen atoms in total. The third kappa shape index (κ3) is 2.67. The fraction of sp³-hybridized carbons (Fsp3) is 0.529. The van der Waals surface area contributed by atoms with E-state index in [1.807, 2.05) is 31.2 Å². The SMILES string of the molecule is Cc1ccc(CNC(=O)[C@@H]2[C@@H]3CC[C@@H](C3)[C@@H]2C(=O)[O-])cc1. The van der Waals surface area contributed by atoms with E-state index in [2.05, 4.69) is 5.32 Å². The molecule has 0 saturated heterocycles. The minimum atomic E-state index is -1.06. The summed E-state index contributed by atoms with van der Waals surface area (Å²) in [5.41, 5.74) is 2.21. The van der Waals surface area contributed by atoms with E-state index < -0.39 is 17.8 Å². The normalized spacial score (nSPS) is 30.3. The molecule has 4 heteroatoms. The fourth-order valence-corrected chi connectivity index (χ4v) is 4.02. The third-order valence-corrected chi connectivity index (χ3v) is 5.08. The van der Waals surface area contributed by atoms with Crippen LogP contribution in [-0.2, 0) is 16.1 Å². The van der Waals surface area contributed by atoms with E-state index in [0.29, 0.717) is 6.54 Å². The van der Waals surface area contributed by atoms with Crippen LogP contribution < -0.4 is 10.4 Å². The van der Waals surface area contributed by atoms with Crippen LogP contribution in [0.25, 0.3) is 0 Å². The van der Waals surface area contributed by atoms with Crippen molar-refractivity contribution in [2.75, 3.05) is 0 Å². The molecule has 21 heavy (non-hydrogen) atoms. The highest BCUT2D eigenvalue weighted by Crippen LogP contribution is 2.52. The summed E-state index contributed by atoms with van der Waals surface area (Å²) in [5.74, 6) is -1.83. The highest BCUT2D eigenvalue weighted by atomic mass is 16.4. The average molecular weight is 286 g/mol. The van der Waals surface area contributed by atoms with Crippen molar-refractivity contribution >= 4 is 11.9 Å². The number of benzene rings is 1. The second-order valence-electron chi connectivity index (χ2n) is 6.41. The van der Waals surface area contributed by atoms with Crippen molar-refractivity contribution < 1.29 is 14.7 Å². The van der Waals surface area contributed by atoms with Gasteiger partial charge in [-0.2, -0.15) is 0 Å². The van der Waals surface area contributed by atoms with E-state index in [1.165, 1.54) is 5.56 Å². The van der Waals surface area contributed by atoms with Gasteiger partial charge in [0.25, 0.3) is 0 Å². The minimum absolute atomic E-state index is 0.128. The van der Waals surface area contributed by atoms with Gasteiger partial charge in [-0.05, 0) is 43.6 Å². The molecule has 0 heterocycles. The van der Waals surface area contributed by atoms with Crippen molar-refractivity contribution in [2.45, 2.75) is 32.7 Å². The van der Waals surface area contributed by atoms with Gasteiger partial charge < -0.3 is 15.2 Å². The molecule has 0 aromatic heterocycles. The first-order chi connectivity index (χ1) is 10.1. The summed E-state index contributed by atoms with van der Waals surface area (Å²) >= 11 is 0. The smallest absolute Gasteiger partial charge is 0.224 e. The molecule has 2 saturated carbocycles. The minimum Gasteiger partial charge on any atom is -0.550 e. The number of hydrogen-bond donors (Lipinski definition) is 1. The topological polar surface area (TPSA) is 69.2 Å². The Morgan fingerprint density at radius 3 is 2.38 bits per heavy atom. The molecular formula is C17H20NO3-. The zero-order valence-electron chi connectivity index (χ0n) is 12.2. The molecule has 3 rings (SSSR count). The molecule has 1 aromatic rings. The molecule has 1 N–H and O–H groups in total. The Morgan fingerprint density at radius 2 is 1.76 bits per heavy atom. The van der Waals surface area contributed by atoms with Crippen LogP contribution in [-0.4, -0.2) is 11.9 Å². The Labute approximate surface area is 124 Å². The monoisotopic (exact) mass is 286 g/mol. The number of amides is 1. The van der Waals surface area contributed by atoms with E-state index in [4.69, 9.17) is 0 Å². The molecular weight excluding hydrogens is 266 g/mol. The predicted molar refractivity (Wildman–Crippen MR) is 75.8 cm³/mol. The van der Waals surface area contributed by atoms with Gasteiger partial charge in [0, 0.05) is 24.3 Å². The van der Waals surface area contributed by atoms with Crippen molar-refractivity contribution in [3.63, 3.8) is 0 Å². The van der Waals surface area contributed by atoms with E-state index in [-0.39, 0.29) is 17.7 Å². The Kier molecular flexibility index (Phi) is 3.70. The molecule has 1 aromatic carbocycles. The first-order valence-corrected chi connectivity index (χ1v) is 7.60. The number of aryl methyl sites for hydroxylation is 1. The Balaban J connectivity index is 1.64. The highest BCUT2D eigenvalue weighted by molar-refractivity contribution is 5.85. The molecule has 2 fully saturated rings. The lowest BCUT2D eigenvalue weighted by Gasteiger charge is -2.30. The first kappa shape index (κ1) is 14.1. The summed E-state index contributed by atoms with van der Waals surface area (Å²) in [6.07, 6.45) is 2.75. The van der Waals surface area contributed by atoms with E-state index in [9.17, 15) is 14.7 Å². The predicted octanol–water partition coefficient (Wildman–Crippen LogP) is 1.02. The number of carboxylic acids is 1. The van der Waals surface area contributed by atoms with Gasteiger partial charge in [-0.1, -0.05) is 29.8 Å². The summed E-state index contributed by atoms with van der Waals surface area (Å²) in [6.45, 7) is 2.47. The molecule has 0 aliphatic heterocycles. The summed E-state index contributed by atoms with van der Waals surface area (Å²) in [4.78, 5) is 23.7. The summed E-state index contributed by atoms with van der Waals surface area (Å²) in [5, 5.41) is 14.2. The lowest BCUT2D eigenvalue weighted by atomic mass is 9.78. The van der Waals surface area contributed by atoms with Crippen molar-refractivity contribution in [1.29, 1.82) is 0 Å². The molecule has 4 atom stereocenters. The Morgan fingerprint density at radius 1 is 1.14 bits per heavy atom. The number of rotatable bonds is 4. The molecule has 2 aliphatic carbocycles. The molecule has 2 bridgehead atoms. The number of hydrogen-bond acceptors (Lipinski definition) is 3. The van der Waals surface area contributed by atoms with Crippen LogP contribution in [0.3, 0.4) is 0 Å². The zero-order valence-corrected chi connectivity index (χ0v) is 12.2. The maximum atomic E-state index is 12.4. The number of carboxylic acid groups (broad SMARTS) is 1. The first-order valence-electron chi connectivity index (χ1n) is 7.60. The van der Waals surface area contributed by atoms with E-state index >= 15 is 0 Å². The maximum absolute atomic E-state index is 12.4. The lowest BCUT2D eigenvalue weighted by molar-refractivity contribution is -0.314. The van der Waals surface area contributed by atoms with Gasteiger partial charge >= 0.3 is 0 Å². The number of nitrogens with one attached hydrogen (secondary N) is 1. The number of aliphatic carboxylic acids is 1. The molecule has 0 spiro atoms. The van der Waals surface area contributed by atoms with Gasteiger partial charge in [-0.3, -0.25) is 4.79 Å². The van der Waals surface area contributed by atoms with Gasteiger partial charge in [0.1, 0.15) is 0 Å². The Bertz CT molecular complexity index is 552. The maximum Gasteiger partial charge on any atom is 0.224 e. The molecule has 0 radical (unpaired) electrons. The lowest BCUT2D eigenvalue weighted by Crippen LogP contribution is -2.45. The summed E-state index contributed by atoms with van der Waals surface area (Å²) < 4.78 is 0.